The number of unbranched alkanes of at least 4 members (excludes halogenated alkanes) is 63. The number of hydrogen-bond acceptors (Lipinski definition) is 5. The average Bonchev–Trinajstić information content (AvgIpc) is 3.55. The highest BCUT2D eigenvalue weighted by Gasteiger charge is 2.20. The van der Waals surface area contributed by atoms with Crippen LogP contribution in [0, 0.1) is 0 Å². The van der Waals surface area contributed by atoms with E-state index in [9.17, 15) is 19.8 Å². The first-order valence-corrected chi connectivity index (χ1v) is 39.9. The highest BCUT2D eigenvalue weighted by molar-refractivity contribution is 5.76. The first-order chi connectivity index (χ1) is 42.5. The third-order valence-electron chi connectivity index (χ3n) is 19.1. The molecule has 0 fully saturated rings. The lowest BCUT2D eigenvalue weighted by atomic mass is 10.0. The molecular formula is C80H157NO5. The lowest BCUT2D eigenvalue weighted by molar-refractivity contribution is -0.143. The van der Waals surface area contributed by atoms with Crippen molar-refractivity contribution in [3.8, 4) is 0 Å². The van der Waals surface area contributed by atoms with Gasteiger partial charge in [-0.25, -0.2) is 0 Å². The Morgan fingerprint density at radius 3 is 0.837 bits per heavy atom. The zero-order valence-corrected chi connectivity index (χ0v) is 58.8. The number of hydrogen-bond donors (Lipinski definition) is 3. The van der Waals surface area contributed by atoms with Gasteiger partial charge in [0.05, 0.1) is 25.4 Å². The molecule has 3 N–H and O–H groups in total. The summed E-state index contributed by atoms with van der Waals surface area (Å²) in [7, 11) is 0. The molecule has 0 spiro atoms. The van der Waals surface area contributed by atoms with Gasteiger partial charge in [-0.3, -0.25) is 9.59 Å². The molecule has 0 aliphatic rings. The molecule has 0 aromatic carbocycles. The molecule has 0 aliphatic heterocycles. The maximum atomic E-state index is 12.6. The van der Waals surface area contributed by atoms with Crippen molar-refractivity contribution in [3.63, 3.8) is 0 Å². The molecule has 512 valence electrons. The van der Waals surface area contributed by atoms with Crippen LogP contribution in [-0.2, 0) is 14.3 Å². The quantitative estimate of drug-likeness (QED) is 0.0320. The summed E-state index contributed by atoms with van der Waals surface area (Å²) in [5.41, 5.74) is 0. The minimum atomic E-state index is -0.662. The number of allylic oxidation sites excluding steroid dienone is 2. The van der Waals surface area contributed by atoms with E-state index in [-0.39, 0.29) is 18.5 Å². The van der Waals surface area contributed by atoms with Gasteiger partial charge >= 0.3 is 5.97 Å². The molecule has 2 atom stereocenters. The van der Waals surface area contributed by atoms with Crippen molar-refractivity contribution in [2.45, 2.75) is 475 Å². The van der Waals surface area contributed by atoms with Crippen LogP contribution in [0.1, 0.15) is 463 Å². The molecule has 0 aromatic rings. The number of esters is 1. The number of nitrogens with one attached hydrogen (secondary N) is 1. The lowest BCUT2D eigenvalue weighted by Crippen LogP contribution is -2.45. The van der Waals surface area contributed by atoms with E-state index in [0.717, 1.165) is 44.9 Å². The van der Waals surface area contributed by atoms with Crippen LogP contribution in [0.25, 0.3) is 0 Å². The number of aliphatic hydroxyl groups is 2. The van der Waals surface area contributed by atoms with Gasteiger partial charge in [-0.1, -0.05) is 411 Å². The van der Waals surface area contributed by atoms with E-state index in [2.05, 4.69) is 31.3 Å². The average molecular weight is 1210 g/mol. The van der Waals surface area contributed by atoms with Crippen molar-refractivity contribution in [2.75, 3.05) is 13.2 Å². The molecule has 0 aliphatic carbocycles. The summed E-state index contributed by atoms with van der Waals surface area (Å²) in [5.74, 6) is -0.0105. The highest BCUT2D eigenvalue weighted by atomic mass is 16.5. The normalized spacial score (nSPS) is 12.5. The monoisotopic (exact) mass is 1210 g/mol. The van der Waals surface area contributed by atoms with Crippen molar-refractivity contribution in [1.82, 2.24) is 5.32 Å². The maximum Gasteiger partial charge on any atom is 0.305 e. The second-order valence-electron chi connectivity index (χ2n) is 27.8. The van der Waals surface area contributed by atoms with Crippen LogP contribution >= 0.6 is 0 Å². The summed E-state index contributed by atoms with van der Waals surface area (Å²) in [6.07, 6.45) is 96.0. The second-order valence-corrected chi connectivity index (χ2v) is 27.8. The summed E-state index contributed by atoms with van der Waals surface area (Å²) in [5, 5.41) is 23.5. The number of rotatable bonds is 76. The van der Waals surface area contributed by atoms with E-state index in [1.807, 2.05) is 0 Å². The lowest BCUT2D eigenvalue weighted by Gasteiger charge is -2.22. The molecule has 0 heterocycles. The van der Waals surface area contributed by atoms with E-state index in [1.54, 1.807) is 0 Å². The van der Waals surface area contributed by atoms with E-state index >= 15 is 0 Å². The minimum Gasteiger partial charge on any atom is -0.466 e. The van der Waals surface area contributed by atoms with Crippen LogP contribution in [0.3, 0.4) is 0 Å². The zero-order valence-electron chi connectivity index (χ0n) is 58.8. The van der Waals surface area contributed by atoms with Crippen LogP contribution in [0.5, 0.6) is 0 Å². The molecule has 86 heavy (non-hydrogen) atoms. The molecule has 6 nitrogen and oxygen atoms in total. The maximum absolute atomic E-state index is 12.6. The Hall–Kier alpha value is -1.40. The second kappa shape index (κ2) is 76.1. The molecule has 0 rings (SSSR count). The fraction of sp³-hybridized carbons (Fsp3) is 0.950. The zero-order chi connectivity index (χ0) is 62.0. The summed E-state index contributed by atoms with van der Waals surface area (Å²) in [6.45, 7) is 4.99. The van der Waals surface area contributed by atoms with Gasteiger partial charge in [0.1, 0.15) is 0 Å². The minimum absolute atomic E-state index is 0.0136. The van der Waals surface area contributed by atoms with Gasteiger partial charge in [-0.05, 0) is 51.4 Å². The number of ether oxygens (including phenoxy) is 1. The standard InChI is InChI=1S/C80H157NO5/c1-3-5-7-9-11-13-15-17-18-19-20-21-33-36-39-42-45-49-52-56-60-64-68-72-78(83)77(76-82)81-79(84)73-69-65-61-57-53-50-46-43-40-37-34-31-29-27-25-23-22-24-26-28-30-32-35-38-41-44-47-51-55-59-63-67-71-75-86-80(85)74-70-66-62-58-54-48-16-14-12-10-8-6-4-2/h14,16,77-78,82-83H,3-13,15,17-76H2,1-2H3,(H,81,84)/b16-14-. The number of amides is 1. The molecular weight excluding hydrogens is 1050 g/mol. The van der Waals surface area contributed by atoms with Gasteiger partial charge in [0.15, 0.2) is 0 Å². The molecule has 0 bridgehead atoms. The Labute approximate surface area is 539 Å². The van der Waals surface area contributed by atoms with Gasteiger partial charge in [-0.2, -0.15) is 0 Å². The molecule has 0 radical (unpaired) electrons. The van der Waals surface area contributed by atoms with Crippen LogP contribution in [0.4, 0.5) is 0 Å². The Morgan fingerprint density at radius 1 is 0.314 bits per heavy atom. The van der Waals surface area contributed by atoms with Gasteiger partial charge in [-0.15, -0.1) is 0 Å². The summed E-state index contributed by atoms with van der Waals surface area (Å²) >= 11 is 0. The van der Waals surface area contributed by atoms with Crippen molar-refractivity contribution in [1.29, 1.82) is 0 Å². The fourth-order valence-electron chi connectivity index (χ4n) is 13.0. The first kappa shape index (κ1) is 84.6. The van der Waals surface area contributed by atoms with E-state index in [4.69, 9.17) is 4.74 Å². The van der Waals surface area contributed by atoms with Crippen LogP contribution in [0.2, 0.25) is 0 Å². The molecule has 0 aromatic heterocycles. The van der Waals surface area contributed by atoms with Gasteiger partial charge in [0.2, 0.25) is 5.91 Å². The van der Waals surface area contributed by atoms with Crippen LogP contribution in [0.15, 0.2) is 12.2 Å². The van der Waals surface area contributed by atoms with Gasteiger partial charge < -0.3 is 20.3 Å². The summed E-state index contributed by atoms with van der Waals surface area (Å²) in [4.78, 5) is 24.6. The highest BCUT2D eigenvalue weighted by Crippen LogP contribution is 2.20. The third-order valence-corrected chi connectivity index (χ3v) is 19.1. The van der Waals surface area contributed by atoms with Crippen molar-refractivity contribution in [2.24, 2.45) is 0 Å². The van der Waals surface area contributed by atoms with E-state index in [0.29, 0.717) is 25.9 Å². The van der Waals surface area contributed by atoms with Crippen molar-refractivity contribution >= 4 is 11.9 Å². The SMILES string of the molecule is CCCCCC/C=C\CCCCCCCC(=O)OCCCCCCCCCCCCCCCCCCCCCCCCCCCCCCCCCCCC(=O)NC(CO)C(O)CCCCCCCCCCCCCCCCCCCCCCCCC. The molecule has 2 unspecified atom stereocenters. The van der Waals surface area contributed by atoms with Crippen molar-refractivity contribution < 1.29 is 24.5 Å². The van der Waals surface area contributed by atoms with Crippen LogP contribution in [-0.4, -0.2) is 47.4 Å². The Kier molecular flexibility index (Phi) is 74.8. The molecule has 0 saturated heterocycles. The molecule has 6 heteroatoms. The number of aliphatic hydroxyl groups excluding tert-OH is 2. The fourth-order valence-corrected chi connectivity index (χ4v) is 13.0. The Balaban J connectivity index is 3.32. The predicted molar refractivity (Wildman–Crippen MR) is 380 cm³/mol. The largest absolute Gasteiger partial charge is 0.466 e. The van der Waals surface area contributed by atoms with E-state index in [1.165, 1.54) is 385 Å². The van der Waals surface area contributed by atoms with Gasteiger partial charge in [0.25, 0.3) is 0 Å². The summed E-state index contributed by atoms with van der Waals surface area (Å²) in [6, 6.07) is -0.538. The molecule has 1 amide bonds. The Morgan fingerprint density at radius 2 is 0.547 bits per heavy atom. The van der Waals surface area contributed by atoms with Crippen LogP contribution < -0.4 is 5.32 Å². The molecule has 0 saturated carbocycles. The smallest absolute Gasteiger partial charge is 0.305 e. The Bertz CT molecular complexity index is 1300. The van der Waals surface area contributed by atoms with E-state index < -0.39 is 12.1 Å². The summed E-state index contributed by atoms with van der Waals surface area (Å²) < 4.78 is 5.49. The predicted octanol–water partition coefficient (Wildman–Crippen LogP) is 26.3. The number of carbonyl (C=O) groups excluding carboxylic acids is 2. The first-order valence-electron chi connectivity index (χ1n) is 39.9. The van der Waals surface area contributed by atoms with Gasteiger partial charge in [0, 0.05) is 12.8 Å². The topological polar surface area (TPSA) is 95.9 Å². The number of carbonyl (C=O) groups is 2. The van der Waals surface area contributed by atoms with Crippen molar-refractivity contribution in [3.05, 3.63) is 12.2 Å². The third kappa shape index (κ3) is 71.7.